The van der Waals surface area contributed by atoms with Crippen LogP contribution in [0.15, 0.2) is 39.4 Å². The van der Waals surface area contributed by atoms with Gasteiger partial charge in [0.25, 0.3) is 0 Å². The predicted octanol–water partition coefficient (Wildman–Crippen LogP) is 4.24. The molecule has 0 amide bonds. The zero-order chi connectivity index (χ0) is 14.5. The number of rotatable bonds is 5. The maximum atomic E-state index is 5.41. The number of pyridine rings is 1. The fourth-order valence-electron chi connectivity index (χ4n) is 1.78. The number of hydrogen-bond donors (Lipinski definition) is 1. The summed E-state index contributed by atoms with van der Waals surface area (Å²) in [6.07, 6.45) is 1.73. The summed E-state index contributed by atoms with van der Waals surface area (Å²) in [6, 6.07) is 7.71. The Balaban J connectivity index is 2.13. The lowest BCUT2D eigenvalue weighted by Crippen LogP contribution is -2.03. The van der Waals surface area contributed by atoms with Gasteiger partial charge in [-0.3, -0.25) is 0 Å². The number of halogens is 2. The minimum Gasteiger partial charge on any atom is -0.495 e. The topological polar surface area (TPSA) is 43.4 Å². The maximum absolute atomic E-state index is 5.41. The molecule has 4 nitrogen and oxygen atoms in total. The molecule has 6 heteroatoms. The normalized spacial score (nSPS) is 10.2. The van der Waals surface area contributed by atoms with Gasteiger partial charge in [-0.05, 0) is 34.1 Å². The SMILES string of the molecule is COc1ccc(NCc2cc(Br)cc(Br)c2OC)cn1. The minimum absolute atomic E-state index is 0.596. The Morgan fingerprint density at radius 2 is 1.95 bits per heavy atom. The van der Waals surface area contributed by atoms with E-state index in [-0.39, 0.29) is 0 Å². The van der Waals surface area contributed by atoms with Crippen molar-refractivity contribution in [2.45, 2.75) is 6.54 Å². The largest absolute Gasteiger partial charge is 0.495 e. The number of methoxy groups -OCH3 is 2. The molecular weight excluding hydrogens is 388 g/mol. The van der Waals surface area contributed by atoms with Crippen molar-refractivity contribution in [1.29, 1.82) is 0 Å². The molecular formula is C14H14Br2N2O2. The predicted molar refractivity (Wildman–Crippen MR) is 86.5 cm³/mol. The van der Waals surface area contributed by atoms with E-state index in [2.05, 4.69) is 42.2 Å². The molecule has 0 saturated heterocycles. The van der Waals surface area contributed by atoms with Crippen LogP contribution in [0.4, 0.5) is 5.69 Å². The number of ether oxygens (including phenoxy) is 2. The second kappa shape index (κ2) is 6.95. The van der Waals surface area contributed by atoms with Gasteiger partial charge in [0.1, 0.15) is 5.75 Å². The van der Waals surface area contributed by atoms with Crippen molar-refractivity contribution in [1.82, 2.24) is 4.98 Å². The highest BCUT2D eigenvalue weighted by atomic mass is 79.9. The van der Waals surface area contributed by atoms with Gasteiger partial charge in [-0.15, -0.1) is 0 Å². The Morgan fingerprint density at radius 1 is 1.15 bits per heavy atom. The molecule has 0 bridgehead atoms. The van der Waals surface area contributed by atoms with Crippen molar-refractivity contribution in [3.05, 3.63) is 45.0 Å². The third-order valence-corrected chi connectivity index (χ3v) is 3.76. The van der Waals surface area contributed by atoms with Crippen molar-refractivity contribution in [2.75, 3.05) is 19.5 Å². The molecule has 0 saturated carbocycles. The van der Waals surface area contributed by atoms with Crippen molar-refractivity contribution in [3.8, 4) is 11.6 Å². The van der Waals surface area contributed by atoms with Gasteiger partial charge < -0.3 is 14.8 Å². The third kappa shape index (κ3) is 3.64. The molecule has 0 atom stereocenters. The van der Waals surface area contributed by atoms with Crippen molar-refractivity contribution in [3.63, 3.8) is 0 Å². The number of nitrogens with one attached hydrogen (secondary N) is 1. The zero-order valence-corrected chi connectivity index (χ0v) is 14.3. The first kappa shape index (κ1) is 15.1. The highest BCUT2D eigenvalue weighted by molar-refractivity contribution is 9.11. The molecule has 1 N–H and O–H groups in total. The number of aromatic nitrogens is 1. The molecule has 0 unspecified atom stereocenters. The summed E-state index contributed by atoms with van der Waals surface area (Å²) in [7, 11) is 3.26. The lowest BCUT2D eigenvalue weighted by molar-refractivity contribution is 0.398. The lowest BCUT2D eigenvalue weighted by atomic mass is 10.2. The Kier molecular flexibility index (Phi) is 5.25. The smallest absolute Gasteiger partial charge is 0.213 e. The molecule has 1 heterocycles. The summed E-state index contributed by atoms with van der Waals surface area (Å²) >= 11 is 6.97. The van der Waals surface area contributed by atoms with E-state index >= 15 is 0 Å². The van der Waals surface area contributed by atoms with E-state index in [0.29, 0.717) is 12.4 Å². The van der Waals surface area contributed by atoms with Gasteiger partial charge >= 0.3 is 0 Å². The van der Waals surface area contributed by atoms with E-state index < -0.39 is 0 Å². The summed E-state index contributed by atoms with van der Waals surface area (Å²) in [5, 5.41) is 3.30. The molecule has 0 aliphatic heterocycles. The first-order chi connectivity index (χ1) is 9.63. The van der Waals surface area contributed by atoms with E-state index in [4.69, 9.17) is 9.47 Å². The summed E-state index contributed by atoms with van der Waals surface area (Å²) < 4.78 is 12.4. The lowest BCUT2D eigenvalue weighted by Gasteiger charge is -2.13. The van der Waals surface area contributed by atoms with E-state index in [1.165, 1.54) is 0 Å². The Hall–Kier alpha value is -1.27. The van der Waals surface area contributed by atoms with E-state index in [0.717, 1.165) is 25.9 Å². The van der Waals surface area contributed by atoms with Crippen LogP contribution in [-0.4, -0.2) is 19.2 Å². The van der Waals surface area contributed by atoms with Crippen LogP contribution in [-0.2, 0) is 6.54 Å². The Labute approximate surface area is 134 Å². The molecule has 2 aromatic rings. The van der Waals surface area contributed by atoms with Crippen LogP contribution in [0.5, 0.6) is 11.6 Å². The summed E-state index contributed by atoms with van der Waals surface area (Å²) in [5.41, 5.74) is 1.97. The molecule has 0 aliphatic rings. The summed E-state index contributed by atoms with van der Waals surface area (Å²) in [4.78, 5) is 4.15. The zero-order valence-electron chi connectivity index (χ0n) is 11.1. The minimum atomic E-state index is 0.596. The maximum Gasteiger partial charge on any atom is 0.213 e. The molecule has 0 fully saturated rings. The molecule has 106 valence electrons. The Morgan fingerprint density at radius 3 is 2.55 bits per heavy atom. The van der Waals surface area contributed by atoms with Gasteiger partial charge in [0, 0.05) is 22.6 Å². The molecule has 20 heavy (non-hydrogen) atoms. The molecule has 1 aromatic heterocycles. The first-order valence-electron chi connectivity index (χ1n) is 5.90. The van der Waals surface area contributed by atoms with Crippen LogP contribution in [0.3, 0.4) is 0 Å². The fourth-order valence-corrected chi connectivity index (χ4v) is 3.25. The monoisotopic (exact) mass is 400 g/mol. The first-order valence-corrected chi connectivity index (χ1v) is 7.48. The van der Waals surface area contributed by atoms with Crippen LogP contribution in [0.25, 0.3) is 0 Å². The summed E-state index contributed by atoms with van der Waals surface area (Å²) in [6.45, 7) is 0.634. The molecule has 0 spiro atoms. The van der Waals surface area contributed by atoms with Gasteiger partial charge in [-0.1, -0.05) is 15.9 Å². The quantitative estimate of drug-likeness (QED) is 0.813. The second-order valence-electron chi connectivity index (χ2n) is 4.02. The summed E-state index contributed by atoms with van der Waals surface area (Å²) in [5.74, 6) is 1.42. The van der Waals surface area contributed by atoms with Gasteiger partial charge in [0.2, 0.25) is 5.88 Å². The van der Waals surface area contributed by atoms with Crippen LogP contribution in [0, 0.1) is 0 Å². The van der Waals surface area contributed by atoms with Gasteiger partial charge in [-0.25, -0.2) is 4.98 Å². The highest BCUT2D eigenvalue weighted by Crippen LogP contribution is 2.33. The average molecular weight is 402 g/mol. The van der Waals surface area contributed by atoms with Crippen LogP contribution < -0.4 is 14.8 Å². The van der Waals surface area contributed by atoms with E-state index in [1.54, 1.807) is 20.4 Å². The molecule has 0 radical (unpaired) electrons. The van der Waals surface area contributed by atoms with Gasteiger partial charge in [-0.2, -0.15) is 0 Å². The third-order valence-electron chi connectivity index (χ3n) is 2.72. The standard InChI is InChI=1S/C14H14Br2N2O2/c1-19-13-4-3-11(8-18-13)17-7-9-5-10(15)6-12(16)14(9)20-2/h3-6,8,17H,7H2,1-2H3. The van der Waals surface area contributed by atoms with Crippen LogP contribution >= 0.6 is 31.9 Å². The van der Waals surface area contributed by atoms with E-state index in [9.17, 15) is 0 Å². The van der Waals surface area contributed by atoms with Crippen molar-refractivity contribution >= 4 is 37.5 Å². The number of hydrogen-bond acceptors (Lipinski definition) is 4. The Bertz CT molecular complexity index is 588. The van der Waals surface area contributed by atoms with E-state index in [1.807, 2.05) is 24.3 Å². The van der Waals surface area contributed by atoms with Gasteiger partial charge in [0.05, 0.1) is 30.6 Å². The average Bonchev–Trinajstić information content (AvgIpc) is 2.45. The fraction of sp³-hybridized carbons (Fsp3) is 0.214. The second-order valence-corrected chi connectivity index (χ2v) is 5.79. The van der Waals surface area contributed by atoms with Crippen LogP contribution in [0.2, 0.25) is 0 Å². The number of nitrogens with zero attached hydrogens (tertiary/aromatic N) is 1. The highest BCUT2D eigenvalue weighted by Gasteiger charge is 2.09. The molecule has 1 aromatic carbocycles. The van der Waals surface area contributed by atoms with Crippen LogP contribution in [0.1, 0.15) is 5.56 Å². The number of benzene rings is 1. The molecule has 0 aliphatic carbocycles. The molecule has 2 rings (SSSR count). The number of anilines is 1. The van der Waals surface area contributed by atoms with Crippen molar-refractivity contribution in [2.24, 2.45) is 0 Å². The van der Waals surface area contributed by atoms with Gasteiger partial charge in [0.15, 0.2) is 0 Å². The van der Waals surface area contributed by atoms with Crippen molar-refractivity contribution < 1.29 is 9.47 Å².